The standard InChI is InChI=1S/C18H16F3NO/c1-12(23)17(22-2)11-13-7-9-14(10-8-13)15-5-3-4-6-16(15)18(19,20)21/h3-10,17H,2,11H2,1H3. The molecular formula is C18H16F3NO. The number of alkyl halides is 3. The molecule has 0 fully saturated rings. The van der Waals surface area contributed by atoms with Gasteiger partial charge in [0.25, 0.3) is 0 Å². The molecule has 120 valence electrons. The molecule has 23 heavy (non-hydrogen) atoms. The quantitative estimate of drug-likeness (QED) is 0.742. The summed E-state index contributed by atoms with van der Waals surface area (Å²) in [5.41, 5.74) is 0.775. The summed E-state index contributed by atoms with van der Waals surface area (Å²) >= 11 is 0. The molecule has 1 atom stereocenters. The Morgan fingerprint density at radius 3 is 2.26 bits per heavy atom. The Morgan fingerprint density at radius 1 is 1.13 bits per heavy atom. The average molecular weight is 319 g/mol. The third-order valence-corrected chi connectivity index (χ3v) is 3.62. The zero-order valence-electron chi connectivity index (χ0n) is 12.6. The molecular weight excluding hydrogens is 303 g/mol. The van der Waals surface area contributed by atoms with Crippen molar-refractivity contribution in [1.82, 2.24) is 0 Å². The van der Waals surface area contributed by atoms with Crippen LogP contribution >= 0.6 is 0 Å². The molecule has 0 heterocycles. The van der Waals surface area contributed by atoms with E-state index in [0.29, 0.717) is 12.0 Å². The fraction of sp³-hybridized carbons (Fsp3) is 0.222. The van der Waals surface area contributed by atoms with Crippen LogP contribution in [0.2, 0.25) is 0 Å². The molecule has 0 saturated carbocycles. The maximum absolute atomic E-state index is 13.1. The molecule has 0 aliphatic heterocycles. The lowest BCUT2D eigenvalue weighted by atomic mass is 9.96. The second-order valence-electron chi connectivity index (χ2n) is 5.25. The van der Waals surface area contributed by atoms with Gasteiger partial charge in [-0.05, 0) is 36.4 Å². The highest BCUT2D eigenvalue weighted by molar-refractivity contribution is 5.82. The summed E-state index contributed by atoms with van der Waals surface area (Å²) in [5, 5.41) is 0. The summed E-state index contributed by atoms with van der Waals surface area (Å²) in [7, 11) is 0. The molecule has 0 spiro atoms. The van der Waals surface area contributed by atoms with E-state index >= 15 is 0 Å². The first kappa shape index (κ1) is 16.9. The molecule has 0 N–H and O–H groups in total. The zero-order chi connectivity index (χ0) is 17.0. The zero-order valence-corrected chi connectivity index (χ0v) is 12.6. The molecule has 2 aromatic rings. The second-order valence-corrected chi connectivity index (χ2v) is 5.25. The molecule has 0 amide bonds. The van der Waals surface area contributed by atoms with Gasteiger partial charge in [-0.3, -0.25) is 9.79 Å². The molecule has 1 unspecified atom stereocenters. The summed E-state index contributed by atoms with van der Waals surface area (Å²) in [6.45, 7) is 4.82. The van der Waals surface area contributed by atoms with E-state index in [1.54, 1.807) is 30.3 Å². The Balaban J connectivity index is 2.31. The SMILES string of the molecule is C=NC(Cc1ccc(-c2ccccc2C(F)(F)F)cc1)C(C)=O. The van der Waals surface area contributed by atoms with Crippen LogP contribution < -0.4 is 0 Å². The van der Waals surface area contributed by atoms with Crippen LogP contribution in [0.5, 0.6) is 0 Å². The molecule has 0 bridgehead atoms. The summed E-state index contributed by atoms with van der Waals surface area (Å²) in [6.07, 6.45) is -4.01. The number of Topliss-reactive ketones (excluding diaryl/α,β-unsaturated/α-hetero) is 1. The number of rotatable bonds is 5. The van der Waals surface area contributed by atoms with Crippen molar-refractivity contribution in [3.05, 3.63) is 59.7 Å². The van der Waals surface area contributed by atoms with Gasteiger partial charge in [0.2, 0.25) is 0 Å². The fourth-order valence-electron chi connectivity index (χ4n) is 2.36. The van der Waals surface area contributed by atoms with Gasteiger partial charge in [0.15, 0.2) is 5.78 Å². The van der Waals surface area contributed by atoms with E-state index in [-0.39, 0.29) is 11.3 Å². The molecule has 0 aliphatic rings. The first-order valence-corrected chi connectivity index (χ1v) is 7.04. The van der Waals surface area contributed by atoms with Gasteiger partial charge in [-0.25, -0.2) is 0 Å². The number of aliphatic imine (C=N–C) groups is 1. The predicted octanol–water partition coefficient (Wildman–Crippen LogP) is 4.57. The Hall–Kier alpha value is -2.43. The normalized spacial score (nSPS) is 12.7. The number of carbonyl (C=O) groups excluding carboxylic acids is 1. The first-order valence-electron chi connectivity index (χ1n) is 7.04. The van der Waals surface area contributed by atoms with E-state index in [9.17, 15) is 18.0 Å². The first-order chi connectivity index (χ1) is 10.8. The van der Waals surface area contributed by atoms with Crippen LogP contribution in [-0.2, 0) is 17.4 Å². The smallest absolute Gasteiger partial charge is 0.298 e. The van der Waals surface area contributed by atoms with Crippen LogP contribution in [0.3, 0.4) is 0 Å². The number of ketones is 1. The maximum atomic E-state index is 13.1. The minimum atomic E-state index is -4.40. The summed E-state index contributed by atoms with van der Waals surface area (Å²) in [4.78, 5) is 15.1. The van der Waals surface area contributed by atoms with Gasteiger partial charge in [-0.15, -0.1) is 0 Å². The summed E-state index contributed by atoms with van der Waals surface area (Å²) < 4.78 is 39.2. The van der Waals surface area contributed by atoms with Crippen molar-refractivity contribution >= 4 is 12.5 Å². The van der Waals surface area contributed by atoms with Crippen molar-refractivity contribution in [2.75, 3.05) is 0 Å². The molecule has 2 aromatic carbocycles. The number of benzene rings is 2. The number of hydrogen-bond acceptors (Lipinski definition) is 2. The summed E-state index contributed by atoms with van der Waals surface area (Å²) in [5.74, 6) is -0.0912. The predicted molar refractivity (Wildman–Crippen MR) is 84.6 cm³/mol. The van der Waals surface area contributed by atoms with E-state index in [0.717, 1.165) is 11.6 Å². The fourth-order valence-corrected chi connectivity index (χ4v) is 2.36. The van der Waals surface area contributed by atoms with E-state index < -0.39 is 17.8 Å². The average Bonchev–Trinajstić information content (AvgIpc) is 2.52. The lowest BCUT2D eigenvalue weighted by Crippen LogP contribution is -2.17. The van der Waals surface area contributed by atoms with Crippen LogP contribution in [0.1, 0.15) is 18.1 Å². The van der Waals surface area contributed by atoms with Crippen LogP contribution in [-0.4, -0.2) is 18.5 Å². The largest absolute Gasteiger partial charge is 0.417 e. The Kier molecular flexibility index (Phi) is 4.98. The van der Waals surface area contributed by atoms with Crippen molar-refractivity contribution in [2.24, 2.45) is 4.99 Å². The van der Waals surface area contributed by atoms with Gasteiger partial charge in [-0.1, -0.05) is 42.5 Å². The lowest BCUT2D eigenvalue weighted by Gasteiger charge is -2.13. The molecule has 0 saturated heterocycles. The highest BCUT2D eigenvalue weighted by Gasteiger charge is 2.33. The molecule has 2 rings (SSSR count). The Morgan fingerprint density at radius 2 is 1.74 bits per heavy atom. The highest BCUT2D eigenvalue weighted by Crippen LogP contribution is 2.36. The van der Waals surface area contributed by atoms with Crippen molar-refractivity contribution in [2.45, 2.75) is 25.6 Å². The van der Waals surface area contributed by atoms with Crippen LogP contribution in [0, 0.1) is 0 Å². The Bertz CT molecular complexity index is 705. The second kappa shape index (κ2) is 6.77. The van der Waals surface area contributed by atoms with Gasteiger partial charge in [-0.2, -0.15) is 13.2 Å². The van der Waals surface area contributed by atoms with Gasteiger partial charge >= 0.3 is 6.18 Å². The van der Waals surface area contributed by atoms with Gasteiger partial charge in [0.05, 0.1) is 5.56 Å². The van der Waals surface area contributed by atoms with E-state index in [1.807, 2.05) is 0 Å². The maximum Gasteiger partial charge on any atom is 0.417 e. The molecule has 0 aliphatic carbocycles. The minimum Gasteiger partial charge on any atom is -0.298 e. The molecule has 0 aromatic heterocycles. The lowest BCUT2D eigenvalue weighted by molar-refractivity contribution is -0.137. The number of halogens is 3. The van der Waals surface area contributed by atoms with Gasteiger partial charge in [0.1, 0.15) is 6.04 Å². The van der Waals surface area contributed by atoms with E-state index in [1.165, 1.54) is 19.1 Å². The topological polar surface area (TPSA) is 29.4 Å². The van der Waals surface area contributed by atoms with Crippen molar-refractivity contribution in [3.8, 4) is 11.1 Å². The van der Waals surface area contributed by atoms with Gasteiger partial charge < -0.3 is 0 Å². The number of hydrogen-bond donors (Lipinski definition) is 0. The number of carbonyl (C=O) groups is 1. The van der Waals surface area contributed by atoms with Crippen molar-refractivity contribution in [3.63, 3.8) is 0 Å². The monoisotopic (exact) mass is 319 g/mol. The third-order valence-electron chi connectivity index (χ3n) is 3.62. The van der Waals surface area contributed by atoms with Crippen molar-refractivity contribution < 1.29 is 18.0 Å². The highest BCUT2D eigenvalue weighted by atomic mass is 19.4. The van der Waals surface area contributed by atoms with Crippen LogP contribution in [0.4, 0.5) is 13.2 Å². The molecule has 5 heteroatoms. The number of nitrogens with zero attached hydrogens (tertiary/aromatic N) is 1. The van der Waals surface area contributed by atoms with Crippen LogP contribution in [0.25, 0.3) is 11.1 Å². The van der Waals surface area contributed by atoms with E-state index in [2.05, 4.69) is 11.7 Å². The third kappa shape index (κ3) is 4.06. The summed E-state index contributed by atoms with van der Waals surface area (Å²) in [6, 6.07) is 11.6. The van der Waals surface area contributed by atoms with Gasteiger partial charge in [0, 0.05) is 6.42 Å². The van der Waals surface area contributed by atoms with Crippen LogP contribution in [0.15, 0.2) is 53.5 Å². The Labute approximate surface area is 132 Å². The van der Waals surface area contributed by atoms with Crippen molar-refractivity contribution in [1.29, 1.82) is 0 Å². The molecule has 2 nitrogen and oxygen atoms in total. The molecule has 0 radical (unpaired) electrons. The van der Waals surface area contributed by atoms with E-state index in [4.69, 9.17) is 0 Å². The minimum absolute atomic E-state index is 0.0912.